The highest BCUT2D eigenvalue weighted by Gasteiger charge is 2.47. The number of nitrogens with one attached hydrogen (secondary N) is 1. The van der Waals surface area contributed by atoms with Gasteiger partial charge in [-0.1, -0.05) is 18.2 Å². The van der Waals surface area contributed by atoms with Crippen LogP contribution < -0.4 is 0 Å². The molecule has 2 aromatic rings. The van der Waals surface area contributed by atoms with Gasteiger partial charge in [-0.05, 0) is 18.9 Å². The Labute approximate surface area is 133 Å². The van der Waals surface area contributed by atoms with Crippen LogP contribution in [-0.2, 0) is 4.74 Å². The Morgan fingerprint density at radius 3 is 2.96 bits per heavy atom. The van der Waals surface area contributed by atoms with Crippen LogP contribution in [0.25, 0.3) is 10.9 Å². The Bertz CT molecular complexity index is 786. The van der Waals surface area contributed by atoms with Crippen molar-refractivity contribution in [2.24, 2.45) is 0 Å². The van der Waals surface area contributed by atoms with E-state index < -0.39 is 5.60 Å². The van der Waals surface area contributed by atoms with Crippen LogP contribution in [0.5, 0.6) is 0 Å². The number of likely N-dealkylation sites (N-methyl/N-ethyl adjacent to an activating group) is 1. The van der Waals surface area contributed by atoms with Gasteiger partial charge in [0.05, 0.1) is 18.6 Å². The summed E-state index contributed by atoms with van der Waals surface area (Å²) in [5, 5.41) is 7.89. The fourth-order valence-electron chi connectivity index (χ4n) is 3.55. The average Bonchev–Trinajstić information content (AvgIpc) is 3.08. The van der Waals surface area contributed by atoms with E-state index in [0.29, 0.717) is 25.3 Å². The number of carbonyl (C=O) groups excluding carboxylic acids is 2. The van der Waals surface area contributed by atoms with Crippen molar-refractivity contribution in [3.63, 3.8) is 0 Å². The Kier molecular flexibility index (Phi) is 3.04. The SMILES string of the molecule is CN1C[C@]2(CCCN(C(=O)c3n[nH]c4ccccc34)C2)OC1=O. The number of aromatic nitrogens is 2. The standard InChI is InChI=1S/C16H18N4O3/c1-19-9-16(23-15(19)22)7-4-8-20(10-16)14(21)13-11-5-2-3-6-12(11)17-18-13/h2-3,5-6H,4,7-10H2,1H3,(H,17,18)/t16-/m0/s1. The van der Waals surface area contributed by atoms with E-state index >= 15 is 0 Å². The van der Waals surface area contributed by atoms with Gasteiger partial charge in [0.2, 0.25) is 0 Å². The largest absolute Gasteiger partial charge is 0.439 e. The van der Waals surface area contributed by atoms with Gasteiger partial charge in [-0.15, -0.1) is 0 Å². The van der Waals surface area contributed by atoms with Gasteiger partial charge in [0.15, 0.2) is 5.69 Å². The quantitative estimate of drug-likeness (QED) is 0.867. The molecule has 3 heterocycles. The second-order valence-corrected chi connectivity index (χ2v) is 6.36. The molecule has 1 atom stereocenters. The van der Waals surface area contributed by atoms with Crippen molar-refractivity contribution < 1.29 is 14.3 Å². The lowest BCUT2D eigenvalue weighted by Gasteiger charge is -2.38. The molecule has 1 aromatic heterocycles. The zero-order chi connectivity index (χ0) is 16.0. The van der Waals surface area contributed by atoms with E-state index in [2.05, 4.69) is 10.2 Å². The van der Waals surface area contributed by atoms with Gasteiger partial charge >= 0.3 is 6.09 Å². The third-order valence-corrected chi connectivity index (χ3v) is 4.64. The topological polar surface area (TPSA) is 78.5 Å². The summed E-state index contributed by atoms with van der Waals surface area (Å²) in [6.45, 7) is 1.60. The van der Waals surface area contributed by atoms with Gasteiger partial charge in [0.25, 0.3) is 5.91 Å². The maximum Gasteiger partial charge on any atom is 0.410 e. The summed E-state index contributed by atoms with van der Waals surface area (Å²) in [7, 11) is 1.72. The van der Waals surface area contributed by atoms with Gasteiger partial charge in [-0.25, -0.2) is 4.79 Å². The molecule has 2 aliphatic heterocycles. The summed E-state index contributed by atoms with van der Waals surface area (Å²) in [5.74, 6) is -0.118. The monoisotopic (exact) mass is 314 g/mol. The van der Waals surface area contributed by atoms with Crippen LogP contribution in [0.3, 0.4) is 0 Å². The molecule has 2 saturated heterocycles. The van der Waals surface area contributed by atoms with Crippen LogP contribution >= 0.6 is 0 Å². The van der Waals surface area contributed by atoms with E-state index in [1.165, 1.54) is 0 Å². The second-order valence-electron chi connectivity index (χ2n) is 6.36. The molecular formula is C16H18N4O3. The molecule has 2 fully saturated rings. The third-order valence-electron chi connectivity index (χ3n) is 4.64. The lowest BCUT2D eigenvalue weighted by atomic mass is 9.92. The number of ether oxygens (including phenoxy) is 1. The average molecular weight is 314 g/mol. The van der Waals surface area contributed by atoms with Gasteiger partial charge in [0, 0.05) is 19.0 Å². The lowest BCUT2D eigenvalue weighted by molar-refractivity contribution is -0.00534. The molecule has 23 heavy (non-hydrogen) atoms. The fraction of sp³-hybridized carbons (Fsp3) is 0.438. The number of rotatable bonds is 1. The van der Waals surface area contributed by atoms with Gasteiger partial charge < -0.3 is 14.5 Å². The first-order chi connectivity index (χ1) is 11.1. The zero-order valence-corrected chi connectivity index (χ0v) is 12.9. The summed E-state index contributed by atoms with van der Waals surface area (Å²) in [6.07, 6.45) is 1.29. The first-order valence-corrected chi connectivity index (χ1v) is 7.74. The highest BCUT2D eigenvalue weighted by molar-refractivity contribution is 6.04. The molecule has 1 spiro atoms. The number of nitrogens with zero attached hydrogens (tertiary/aromatic N) is 3. The summed E-state index contributed by atoms with van der Waals surface area (Å²) >= 11 is 0. The van der Waals surface area contributed by atoms with E-state index in [1.54, 1.807) is 16.8 Å². The van der Waals surface area contributed by atoms with Crippen molar-refractivity contribution in [2.75, 3.05) is 26.7 Å². The molecule has 2 amide bonds. The molecule has 0 radical (unpaired) electrons. The number of fused-ring (bicyclic) bond motifs is 1. The molecule has 1 N–H and O–H groups in total. The number of likely N-dealkylation sites (tertiary alicyclic amines) is 1. The first kappa shape index (κ1) is 14.0. The highest BCUT2D eigenvalue weighted by Crippen LogP contribution is 2.32. The molecule has 0 bridgehead atoms. The number of H-pyrrole nitrogens is 1. The van der Waals surface area contributed by atoms with Crippen LogP contribution in [0.4, 0.5) is 4.79 Å². The smallest absolute Gasteiger partial charge is 0.410 e. The Morgan fingerprint density at radius 2 is 2.17 bits per heavy atom. The number of amides is 2. The van der Waals surface area contributed by atoms with E-state index in [4.69, 9.17) is 4.74 Å². The normalized spacial score (nSPS) is 24.5. The molecule has 0 saturated carbocycles. The predicted octanol–water partition coefficient (Wildman–Crippen LogP) is 1.62. The first-order valence-electron chi connectivity index (χ1n) is 7.74. The summed E-state index contributed by atoms with van der Waals surface area (Å²) in [5.41, 5.74) is 0.691. The fourth-order valence-corrected chi connectivity index (χ4v) is 3.55. The van der Waals surface area contributed by atoms with Crippen molar-refractivity contribution in [1.29, 1.82) is 0 Å². The maximum absolute atomic E-state index is 12.9. The summed E-state index contributed by atoms with van der Waals surface area (Å²) < 4.78 is 5.55. The van der Waals surface area contributed by atoms with E-state index in [1.807, 2.05) is 24.3 Å². The Balaban J connectivity index is 1.60. The van der Waals surface area contributed by atoms with Crippen LogP contribution in [-0.4, -0.2) is 64.3 Å². The van der Waals surface area contributed by atoms with Gasteiger partial charge in [0.1, 0.15) is 5.60 Å². The molecule has 4 rings (SSSR count). The Hall–Kier alpha value is -2.57. The van der Waals surface area contributed by atoms with Crippen LogP contribution in [0.1, 0.15) is 23.3 Å². The number of benzene rings is 1. The number of para-hydroxylation sites is 1. The molecule has 120 valence electrons. The number of aromatic amines is 1. The molecular weight excluding hydrogens is 296 g/mol. The number of carbonyl (C=O) groups is 2. The minimum atomic E-state index is -0.578. The minimum Gasteiger partial charge on any atom is -0.439 e. The van der Waals surface area contributed by atoms with E-state index in [-0.39, 0.29) is 12.0 Å². The minimum absolute atomic E-state index is 0.118. The summed E-state index contributed by atoms with van der Waals surface area (Å²) in [6, 6.07) is 7.57. The molecule has 0 aliphatic carbocycles. The highest BCUT2D eigenvalue weighted by atomic mass is 16.6. The Morgan fingerprint density at radius 1 is 1.35 bits per heavy atom. The molecule has 0 unspecified atom stereocenters. The molecule has 2 aliphatic rings. The zero-order valence-electron chi connectivity index (χ0n) is 12.9. The lowest BCUT2D eigenvalue weighted by Crippen LogP contribution is -2.52. The van der Waals surface area contributed by atoms with Crippen molar-refractivity contribution >= 4 is 22.9 Å². The van der Waals surface area contributed by atoms with Crippen molar-refractivity contribution in [3.8, 4) is 0 Å². The third kappa shape index (κ3) is 2.23. The van der Waals surface area contributed by atoms with E-state index in [9.17, 15) is 9.59 Å². The maximum atomic E-state index is 12.9. The second kappa shape index (κ2) is 4.97. The van der Waals surface area contributed by atoms with Crippen molar-refractivity contribution in [2.45, 2.75) is 18.4 Å². The molecule has 7 nitrogen and oxygen atoms in total. The molecule has 1 aromatic carbocycles. The predicted molar refractivity (Wildman–Crippen MR) is 83.1 cm³/mol. The van der Waals surface area contributed by atoms with Crippen LogP contribution in [0.2, 0.25) is 0 Å². The van der Waals surface area contributed by atoms with Crippen LogP contribution in [0, 0.1) is 0 Å². The van der Waals surface area contributed by atoms with Gasteiger partial charge in [-0.2, -0.15) is 5.10 Å². The molecule has 7 heteroatoms. The van der Waals surface area contributed by atoms with Crippen molar-refractivity contribution in [3.05, 3.63) is 30.0 Å². The van der Waals surface area contributed by atoms with Crippen molar-refractivity contribution in [1.82, 2.24) is 20.0 Å². The van der Waals surface area contributed by atoms with Gasteiger partial charge in [-0.3, -0.25) is 9.89 Å². The number of piperidine rings is 1. The van der Waals surface area contributed by atoms with Crippen LogP contribution in [0.15, 0.2) is 24.3 Å². The van der Waals surface area contributed by atoms with E-state index in [0.717, 1.165) is 23.7 Å². The number of hydrogen-bond acceptors (Lipinski definition) is 4. The number of hydrogen-bond donors (Lipinski definition) is 1. The summed E-state index contributed by atoms with van der Waals surface area (Å²) in [4.78, 5) is 27.9.